The Labute approximate surface area is 67.6 Å². The zero-order valence-electron chi connectivity index (χ0n) is 7.04. The first-order chi connectivity index (χ1) is 5.35. The first-order valence-electron chi connectivity index (χ1n) is 3.72. The molecule has 0 N–H and O–H groups in total. The highest BCUT2D eigenvalue weighted by Gasteiger charge is 1.88. The van der Waals surface area contributed by atoms with Crippen LogP contribution in [-0.4, -0.2) is 13.1 Å². The molecule has 0 fully saturated rings. The van der Waals surface area contributed by atoms with E-state index >= 15 is 0 Å². The quantitative estimate of drug-likeness (QED) is 0.447. The molecule has 2 nitrogen and oxygen atoms in total. The van der Waals surface area contributed by atoms with Crippen molar-refractivity contribution in [2.75, 3.05) is 6.61 Å². The molecule has 0 atom stereocenters. The summed E-state index contributed by atoms with van der Waals surface area (Å²) >= 11 is 0. The molecule has 0 aliphatic rings. The molecule has 62 valence electrons. The lowest BCUT2D eigenvalue weighted by atomic mass is 10.2. The van der Waals surface area contributed by atoms with Crippen LogP contribution in [0.3, 0.4) is 0 Å². The third-order valence-corrected chi connectivity index (χ3v) is 1.26. The summed E-state index contributed by atoms with van der Waals surface area (Å²) in [6.45, 7) is 4.81. The summed E-state index contributed by atoms with van der Waals surface area (Å²) in [5.41, 5.74) is 1.03. The summed E-state index contributed by atoms with van der Waals surface area (Å²) < 4.78 is 4.58. The molecular weight excluding hydrogens is 140 g/mol. The Hall–Kier alpha value is -1.05. The van der Waals surface area contributed by atoms with Gasteiger partial charge in [0.15, 0.2) is 0 Å². The Morgan fingerprint density at radius 2 is 2.27 bits per heavy atom. The maximum atomic E-state index is 9.83. The van der Waals surface area contributed by atoms with Gasteiger partial charge < -0.3 is 4.74 Å². The molecule has 0 saturated heterocycles. The minimum absolute atomic E-state index is 0.372. The molecular formula is C9H14O2. The number of carbonyl (C=O) groups is 1. The van der Waals surface area contributed by atoms with Gasteiger partial charge in [0, 0.05) is 0 Å². The number of hydrogen-bond donors (Lipinski definition) is 0. The van der Waals surface area contributed by atoms with Gasteiger partial charge in [-0.2, -0.15) is 0 Å². The van der Waals surface area contributed by atoms with Gasteiger partial charge >= 0.3 is 0 Å². The molecule has 0 rings (SSSR count). The van der Waals surface area contributed by atoms with E-state index in [0.29, 0.717) is 13.1 Å². The number of rotatable bonds is 5. The molecule has 0 heterocycles. The van der Waals surface area contributed by atoms with Gasteiger partial charge in [0.05, 0.1) is 0 Å². The van der Waals surface area contributed by atoms with E-state index in [1.165, 1.54) is 0 Å². The number of allylic oxidation sites excluding steroid dienone is 2. The van der Waals surface area contributed by atoms with Crippen molar-refractivity contribution in [3.05, 3.63) is 23.8 Å². The van der Waals surface area contributed by atoms with Crippen molar-refractivity contribution in [3.63, 3.8) is 0 Å². The predicted molar refractivity (Wildman–Crippen MR) is 45.2 cm³/mol. The summed E-state index contributed by atoms with van der Waals surface area (Å²) in [5, 5.41) is 0. The molecule has 0 aromatic heterocycles. The van der Waals surface area contributed by atoms with Crippen LogP contribution in [-0.2, 0) is 9.53 Å². The van der Waals surface area contributed by atoms with E-state index in [2.05, 4.69) is 11.7 Å². The van der Waals surface area contributed by atoms with Crippen molar-refractivity contribution in [1.29, 1.82) is 0 Å². The fourth-order valence-electron chi connectivity index (χ4n) is 0.627. The van der Waals surface area contributed by atoms with E-state index in [-0.39, 0.29) is 0 Å². The van der Waals surface area contributed by atoms with Crippen molar-refractivity contribution >= 4 is 6.47 Å². The molecule has 0 unspecified atom stereocenters. The van der Waals surface area contributed by atoms with E-state index in [4.69, 9.17) is 0 Å². The summed E-state index contributed by atoms with van der Waals surface area (Å²) in [7, 11) is 0. The highest BCUT2D eigenvalue weighted by Crippen LogP contribution is 1.97. The van der Waals surface area contributed by atoms with Crippen molar-refractivity contribution in [1.82, 2.24) is 0 Å². The van der Waals surface area contributed by atoms with Crippen LogP contribution in [0.4, 0.5) is 0 Å². The molecule has 0 radical (unpaired) electrons. The highest BCUT2D eigenvalue weighted by molar-refractivity contribution is 5.38. The monoisotopic (exact) mass is 154 g/mol. The predicted octanol–water partition coefficient (Wildman–Crippen LogP) is 2.07. The standard InChI is InChI=1S/C9H14O2/c1-3-5-6-9(4-2)7-11-8-10/h4-6,8H,3,7H2,1-2H3/b6-5-,9-4+. The molecule has 0 aliphatic heterocycles. The van der Waals surface area contributed by atoms with Crippen LogP contribution in [0.5, 0.6) is 0 Å². The molecule has 11 heavy (non-hydrogen) atoms. The van der Waals surface area contributed by atoms with Crippen molar-refractivity contribution in [3.8, 4) is 0 Å². The second-order valence-corrected chi connectivity index (χ2v) is 2.08. The first kappa shape index (κ1) is 9.95. The average molecular weight is 154 g/mol. The van der Waals surface area contributed by atoms with E-state index in [0.717, 1.165) is 12.0 Å². The number of hydrogen-bond acceptors (Lipinski definition) is 2. The summed E-state index contributed by atoms with van der Waals surface area (Å²) in [5.74, 6) is 0. The zero-order valence-corrected chi connectivity index (χ0v) is 7.04. The van der Waals surface area contributed by atoms with Crippen LogP contribution in [0.1, 0.15) is 20.3 Å². The lowest BCUT2D eigenvalue weighted by Crippen LogP contribution is -1.93. The maximum absolute atomic E-state index is 9.83. The van der Waals surface area contributed by atoms with Crippen LogP contribution in [0.2, 0.25) is 0 Å². The van der Waals surface area contributed by atoms with E-state index < -0.39 is 0 Å². The topological polar surface area (TPSA) is 26.3 Å². The zero-order chi connectivity index (χ0) is 8.53. The Balaban J connectivity index is 3.77. The molecule has 0 amide bonds. The summed E-state index contributed by atoms with van der Waals surface area (Å²) in [6, 6.07) is 0. The van der Waals surface area contributed by atoms with Gasteiger partial charge in [-0.1, -0.05) is 25.2 Å². The average Bonchev–Trinajstić information content (AvgIpc) is 2.05. The van der Waals surface area contributed by atoms with E-state index in [9.17, 15) is 4.79 Å². The normalized spacial score (nSPS) is 12.0. The second-order valence-electron chi connectivity index (χ2n) is 2.08. The molecule has 0 aromatic rings. The first-order valence-corrected chi connectivity index (χ1v) is 3.72. The molecule has 0 bridgehead atoms. The lowest BCUT2D eigenvalue weighted by molar-refractivity contribution is -0.127. The Morgan fingerprint density at radius 1 is 1.55 bits per heavy atom. The Kier molecular flexibility index (Phi) is 6.39. The largest absolute Gasteiger partial charge is 0.463 e. The molecule has 2 heteroatoms. The summed E-state index contributed by atoms with van der Waals surface area (Å²) in [6.07, 6.45) is 6.92. The van der Waals surface area contributed by atoms with Gasteiger partial charge in [0.25, 0.3) is 6.47 Å². The maximum Gasteiger partial charge on any atom is 0.293 e. The minimum atomic E-state index is 0.372. The Morgan fingerprint density at radius 3 is 2.73 bits per heavy atom. The SMILES string of the molecule is C/C=C(\C=C/CC)COC=O. The van der Waals surface area contributed by atoms with Gasteiger partial charge in [0.2, 0.25) is 0 Å². The van der Waals surface area contributed by atoms with Gasteiger partial charge in [-0.05, 0) is 18.9 Å². The van der Waals surface area contributed by atoms with Crippen molar-refractivity contribution < 1.29 is 9.53 Å². The van der Waals surface area contributed by atoms with Gasteiger partial charge in [-0.3, -0.25) is 4.79 Å². The van der Waals surface area contributed by atoms with Crippen LogP contribution >= 0.6 is 0 Å². The van der Waals surface area contributed by atoms with Crippen LogP contribution < -0.4 is 0 Å². The third kappa shape index (κ3) is 5.40. The fourth-order valence-corrected chi connectivity index (χ4v) is 0.627. The molecule has 0 aliphatic carbocycles. The Bertz CT molecular complexity index is 157. The van der Waals surface area contributed by atoms with Crippen molar-refractivity contribution in [2.45, 2.75) is 20.3 Å². The van der Waals surface area contributed by atoms with Crippen LogP contribution in [0.15, 0.2) is 23.8 Å². The van der Waals surface area contributed by atoms with Crippen LogP contribution in [0, 0.1) is 0 Å². The number of carbonyl (C=O) groups excluding carboxylic acids is 1. The van der Waals surface area contributed by atoms with E-state index in [1.807, 2.05) is 25.2 Å². The highest BCUT2D eigenvalue weighted by atomic mass is 16.5. The van der Waals surface area contributed by atoms with Gasteiger partial charge in [0.1, 0.15) is 6.61 Å². The van der Waals surface area contributed by atoms with Crippen molar-refractivity contribution in [2.24, 2.45) is 0 Å². The van der Waals surface area contributed by atoms with E-state index in [1.54, 1.807) is 0 Å². The third-order valence-electron chi connectivity index (χ3n) is 1.26. The molecule has 0 saturated carbocycles. The fraction of sp³-hybridized carbons (Fsp3) is 0.444. The smallest absolute Gasteiger partial charge is 0.293 e. The second kappa shape index (κ2) is 7.06. The summed E-state index contributed by atoms with van der Waals surface area (Å²) in [4.78, 5) is 9.83. The lowest BCUT2D eigenvalue weighted by Gasteiger charge is -1.97. The molecule has 0 spiro atoms. The minimum Gasteiger partial charge on any atom is -0.463 e. The molecule has 0 aromatic carbocycles. The number of ether oxygens (including phenoxy) is 1. The van der Waals surface area contributed by atoms with Crippen LogP contribution in [0.25, 0.3) is 0 Å². The van der Waals surface area contributed by atoms with Gasteiger partial charge in [-0.15, -0.1) is 0 Å². The van der Waals surface area contributed by atoms with Gasteiger partial charge in [-0.25, -0.2) is 0 Å².